The van der Waals surface area contributed by atoms with Crippen LogP contribution in [0.3, 0.4) is 0 Å². The number of hydrogen-bond acceptors (Lipinski definition) is 12. The van der Waals surface area contributed by atoms with Crippen molar-refractivity contribution < 1.29 is 30.0 Å². The SMILES string of the molecule is CC/C=C\C/C=C\C/C=C\CCCCCCC(O)CN(CCCCC(=O)OCCN1CCN(CCSSCCCCN(CC(O)CCCCCC/C=C\CCCCCCCC)CC(O)CCCCCC/C=C\CCCCCCCC)CC1)CC(O)CCCCCC/C=C\C/C=C\C/C=C\CC. The molecule has 0 spiro atoms. The van der Waals surface area contributed by atoms with E-state index in [4.69, 9.17) is 4.74 Å². The Bertz CT molecular complexity index is 1870. The molecule has 1 aliphatic heterocycles. The Labute approximate surface area is 633 Å². The molecule has 0 aromatic carbocycles. The highest BCUT2D eigenvalue weighted by Gasteiger charge is 2.20. The van der Waals surface area contributed by atoms with Crippen LogP contribution in [-0.2, 0) is 9.53 Å². The smallest absolute Gasteiger partial charge is 0.305 e. The molecule has 0 aromatic rings. The summed E-state index contributed by atoms with van der Waals surface area (Å²) in [5.74, 6) is 2.11. The minimum atomic E-state index is -0.421. The van der Waals surface area contributed by atoms with Crippen LogP contribution in [0.1, 0.15) is 342 Å². The van der Waals surface area contributed by atoms with Gasteiger partial charge in [0.05, 0.1) is 24.4 Å². The fourth-order valence-electron chi connectivity index (χ4n) is 13.2. The summed E-state index contributed by atoms with van der Waals surface area (Å²) in [4.78, 5) is 22.5. The topological polar surface area (TPSA) is 120 Å². The second kappa shape index (κ2) is 78.8. The number of unbranched alkanes of at least 4 members (excludes halogenated alkanes) is 30. The molecule has 588 valence electrons. The number of ether oxygens (including phenoxy) is 1. The summed E-state index contributed by atoms with van der Waals surface area (Å²) in [5, 5.41) is 44.8. The Morgan fingerprint density at radius 2 is 0.644 bits per heavy atom. The monoisotopic (exact) mass is 1450 g/mol. The van der Waals surface area contributed by atoms with Crippen molar-refractivity contribution in [3.8, 4) is 0 Å². The second-order valence-corrected chi connectivity index (χ2v) is 32.2. The highest BCUT2D eigenvalue weighted by Crippen LogP contribution is 2.24. The van der Waals surface area contributed by atoms with E-state index >= 15 is 0 Å². The highest BCUT2D eigenvalue weighted by molar-refractivity contribution is 8.76. The standard InChI is InChI=1S/C89H164N4O6S2/c1-5-9-13-17-21-25-29-33-37-41-45-49-53-57-65-85(94)81-92(82-86(95)66-58-54-50-46-42-38-34-30-26-22-18-14-10-6-2)70-62-61-69-89(98)99-78-76-90-72-74-91(75-73-90)77-80-101-100-79-64-63-71-93(83-87(96)67-59-55-51-47-43-39-35-31-27-23-19-15-11-7-3)84-88(97)68-60-56-52-48-44-40-36-32-28-24-20-16-12-8-4/h9-10,13-14,21-22,25-26,33-40,85-88,94-97H,5-8,11-12,15-20,23-24,27-32,41-84H2,1-4H3/b13-9-,14-10-,25-21-,26-22-,37-33-,38-34-,39-35-,40-36-. The van der Waals surface area contributed by atoms with Crippen LogP contribution in [0.5, 0.6) is 0 Å². The molecule has 1 rings (SSSR count). The maximum atomic E-state index is 12.9. The Hall–Kier alpha value is -2.23. The van der Waals surface area contributed by atoms with Crippen molar-refractivity contribution in [2.24, 2.45) is 0 Å². The molecule has 0 aliphatic carbocycles. The molecule has 1 heterocycles. The van der Waals surface area contributed by atoms with Crippen molar-refractivity contribution in [1.29, 1.82) is 0 Å². The number of aliphatic hydroxyl groups excluding tert-OH is 4. The van der Waals surface area contributed by atoms with Gasteiger partial charge in [0.15, 0.2) is 0 Å². The van der Waals surface area contributed by atoms with Gasteiger partial charge in [-0.2, -0.15) is 0 Å². The summed E-state index contributed by atoms with van der Waals surface area (Å²) in [6.45, 7) is 19.4. The molecule has 0 saturated carbocycles. The first-order chi connectivity index (χ1) is 49.7. The van der Waals surface area contributed by atoms with Gasteiger partial charge in [-0.1, -0.05) is 288 Å². The van der Waals surface area contributed by atoms with Crippen LogP contribution in [0.25, 0.3) is 0 Å². The fourth-order valence-corrected chi connectivity index (χ4v) is 15.4. The largest absolute Gasteiger partial charge is 0.464 e. The number of carbonyl (C=O) groups excluding carboxylic acids is 1. The third kappa shape index (κ3) is 71.8. The van der Waals surface area contributed by atoms with Crippen LogP contribution in [0.15, 0.2) is 97.2 Å². The molecule has 1 fully saturated rings. The number of allylic oxidation sites excluding steroid dienone is 16. The molecule has 0 bridgehead atoms. The number of hydrogen-bond donors (Lipinski definition) is 4. The minimum Gasteiger partial charge on any atom is -0.464 e. The maximum absolute atomic E-state index is 12.9. The van der Waals surface area contributed by atoms with Crippen molar-refractivity contribution in [3.63, 3.8) is 0 Å². The Balaban J connectivity index is 2.45. The van der Waals surface area contributed by atoms with E-state index in [0.29, 0.717) is 39.2 Å². The van der Waals surface area contributed by atoms with E-state index in [2.05, 4.69) is 145 Å². The van der Waals surface area contributed by atoms with Gasteiger partial charge in [-0.3, -0.25) is 24.4 Å². The molecular weight excluding hydrogens is 1290 g/mol. The molecule has 0 radical (unpaired) electrons. The van der Waals surface area contributed by atoms with Crippen LogP contribution in [0.4, 0.5) is 0 Å². The van der Waals surface area contributed by atoms with Gasteiger partial charge >= 0.3 is 5.97 Å². The van der Waals surface area contributed by atoms with E-state index in [9.17, 15) is 25.2 Å². The molecule has 4 atom stereocenters. The molecule has 1 saturated heterocycles. The van der Waals surface area contributed by atoms with Gasteiger partial charge in [0.25, 0.3) is 0 Å². The van der Waals surface area contributed by atoms with E-state index < -0.39 is 12.2 Å². The van der Waals surface area contributed by atoms with Crippen LogP contribution in [0.2, 0.25) is 0 Å². The average molecular weight is 1450 g/mol. The Morgan fingerprint density at radius 3 is 1.01 bits per heavy atom. The van der Waals surface area contributed by atoms with E-state index in [-0.39, 0.29) is 18.2 Å². The summed E-state index contributed by atoms with van der Waals surface area (Å²) in [6, 6.07) is 0. The highest BCUT2D eigenvalue weighted by atomic mass is 33.1. The van der Waals surface area contributed by atoms with E-state index in [1.165, 1.54) is 167 Å². The van der Waals surface area contributed by atoms with Gasteiger partial charge in [0.2, 0.25) is 0 Å². The predicted molar refractivity (Wildman–Crippen MR) is 448 cm³/mol. The van der Waals surface area contributed by atoms with Crippen molar-refractivity contribution >= 4 is 27.6 Å². The van der Waals surface area contributed by atoms with Gasteiger partial charge < -0.3 is 25.2 Å². The third-order valence-electron chi connectivity index (χ3n) is 19.6. The first-order valence-corrected chi connectivity index (χ1v) is 45.4. The molecule has 12 heteroatoms. The number of nitrogens with zero attached hydrogens (tertiary/aromatic N) is 4. The normalized spacial score (nSPS) is 15.1. The zero-order valence-electron chi connectivity index (χ0n) is 66.5. The van der Waals surface area contributed by atoms with E-state index in [1.807, 2.05) is 21.6 Å². The lowest BCUT2D eigenvalue weighted by molar-refractivity contribution is -0.144. The zero-order chi connectivity index (χ0) is 72.9. The fraction of sp³-hybridized carbons (Fsp3) is 0.809. The molecular formula is C89H164N4O6S2. The number of rotatable bonds is 77. The zero-order valence-corrected chi connectivity index (χ0v) is 68.1. The average Bonchev–Trinajstić information content (AvgIpc) is 1.10. The third-order valence-corrected chi connectivity index (χ3v) is 22.1. The van der Waals surface area contributed by atoms with Crippen molar-refractivity contribution in [2.45, 2.75) is 367 Å². The lowest BCUT2D eigenvalue weighted by atomic mass is 10.1. The number of aliphatic hydroxyl groups is 4. The van der Waals surface area contributed by atoms with Crippen molar-refractivity contribution in [2.75, 3.05) is 96.6 Å². The number of carbonyl (C=O) groups is 1. The van der Waals surface area contributed by atoms with Gasteiger partial charge in [-0.05, 0) is 180 Å². The van der Waals surface area contributed by atoms with Gasteiger partial charge in [0, 0.05) is 83.4 Å². The molecule has 4 N–H and O–H groups in total. The van der Waals surface area contributed by atoms with Crippen LogP contribution in [0, 0.1) is 0 Å². The molecule has 1 aliphatic rings. The van der Waals surface area contributed by atoms with E-state index in [0.717, 1.165) is 205 Å². The molecule has 0 aromatic heterocycles. The second-order valence-electron chi connectivity index (χ2n) is 29.5. The van der Waals surface area contributed by atoms with Crippen molar-refractivity contribution in [3.05, 3.63) is 97.2 Å². The number of esters is 1. The molecule has 0 amide bonds. The lowest BCUT2D eigenvalue weighted by Gasteiger charge is -2.34. The summed E-state index contributed by atoms with van der Waals surface area (Å²) >= 11 is 0. The van der Waals surface area contributed by atoms with Crippen LogP contribution < -0.4 is 0 Å². The lowest BCUT2D eigenvalue weighted by Crippen LogP contribution is -2.47. The molecule has 101 heavy (non-hydrogen) atoms. The maximum Gasteiger partial charge on any atom is 0.305 e. The number of piperazine rings is 1. The van der Waals surface area contributed by atoms with Crippen LogP contribution >= 0.6 is 21.6 Å². The van der Waals surface area contributed by atoms with Crippen LogP contribution in [-0.4, -0.2) is 167 Å². The first kappa shape index (κ1) is 96.8. The summed E-state index contributed by atoms with van der Waals surface area (Å²) in [7, 11) is 3.99. The minimum absolute atomic E-state index is 0.127. The summed E-state index contributed by atoms with van der Waals surface area (Å²) < 4.78 is 5.76. The predicted octanol–water partition coefficient (Wildman–Crippen LogP) is 23.2. The molecule has 4 unspecified atom stereocenters. The molecule has 10 nitrogen and oxygen atoms in total. The van der Waals surface area contributed by atoms with E-state index in [1.54, 1.807) is 0 Å². The van der Waals surface area contributed by atoms with Gasteiger partial charge in [0.1, 0.15) is 6.61 Å². The summed E-state index contributed by atoms with van der Waals surface area (Å²) in [6.07, 6.45) is 90.6. The van der Waals surface area contributed by atoms with Gasteiger partial charge in [-0.25, -0.2) is 0 Å². The Kier molecular flexibility index (Phi) is 75.5. The quantitative estimate of drug-likeness (QED) is 0.0201. The summed E-state index contributed by atoms with van der Waals surface area (Å²) in [5.41, 5.74) is 0. The first-order valence-electron chi connectivity index (χ1n) is 42.9. The van der Waals surface area contributed by atoms with Crippen molar-refractivity contribution in [1.82, 2.24) is 19.6 Å². The Morgan fingerprint density at radius 1 is 0.347 bits per heavy atom. The van der Waals surface area contributed by atoms with Gasteiger partial charge in [-0.15, -0.1) is 0 Å².